The van der Waals surface area contributed by atoms with Crippen molar-refractivity contribution < 1.29 is 4.79 Å². The van der Waals surface area contributed by atoms with Crippen LogP contribution in [0.25, 0.3) is 0 Å². The summed E-state index contributed by atoms with van der Waals surface area (Å²) in [5, 5.41) is 10.6. The number of hydrogen-bond acceptors (Lipinski definition) is 3. The Morgan fingerprint density at radius 2 is 2.00 bits per heavy atom. The van der Waals surface area contributed by atoms with E-state index in [0.717, 1.165) is 18.4 Å². The summed E-state index contributed by atoms with van der Waals surface area (Å²) < 4.78 is 0. The highest BCUT2D eigenvalue weighted by Gasteiger charge is 2.36. The van der Waals surface area contributed by atoms with E-state index in [1.54, 1.807) is 0 Å². The molecule has 0 aliphatic carbocycles. The van der Waals surface area contributed by atoms with Crippen molar-refractivity contribution in [1.82, 2.24) is 0 Å². The third-order valence-electron chi connectivity index (χ3n) is 4.46. The molecule has 0 radical (unpaired) electrons. The molecule has 20 heavy (non-hydrogen) atoms. The normalized spacial score (nSPS) is 28.7. The van der Waals surface area contributed by atoms with Gasteiger partial charge in [-0.05, 0) is 50.3 Å². The second kappa shape index (κ2) is 5.61. The maximum absolute atomic E-state index is 12.8. The van der Waals surface area contributed by atoms with E-state index in [1.807, 2.05) is 25.1 Å². The van der Waals surface area contributed by atoms with Crippen LogP contribution in [0.4, 0.5) is 0 Å². The first-order valence-electron chi connectivity index (χ1n) is 7.38. The summed E-state index contributed by atoms with van der Waals surface area (Å²) >= 11 is 2.08. The van der Waals surface area contributed by atoms with Crippen LogP contribution in [0.5, 0.6) is 0 Å². The topological polar surface area (TPSA) is 40.9 Å². The summed E-state index contributed by atoms with van der Waals surface area (Å²) in [6.45, 7) is 1.96. The van der Waals surface area contributed by atoms with E-state index in [1.165, 1.54) is 19.3 Å². The lowest BCUT2D eigenvalue weighted by Gasteiger charge is -2.38. The molecule has 0 N–H and O–H groups in total. The summed E-state index contributed by atoms with van der Waals surface area (Å²) in [4.78, 5) is 12.8. The van der Waals surface area contributed by atoms with E-state index in [0.29, 0.717) is 21.6 Å². The second-order valence-corrected chi connectivity index (χ2v) is 7.61. The summed E-state index contributed by atoms with van der Waals surface area (Å²) in [6, 6.07) is 7.78. The second-order valence-electron chi connectivity index (χ2n) is 6.00. The lowest BCUT2D eigenvalue weighted by molar-refractivity contribution is 0.0896. The van der Waals surface area contributed by atoms with Crippen LogP contribution in [-0.2, 0) is 0 Å². The Balaban J connectivity index is 1.84. The van der Waals surface area contributed by atoms with Gasteiger partial charge in [-0.3, -0.25) is 4.79 Å². The molecule has 3 heteroatoms. The Hall–Kier alpha value is -1.27. The van der Waals surface area contributed by atoms with Crippen molar-refractivity contribution in [2.45, 2.75) is 49.5 Å². The first-order chi connectivity index (χ1) is 9.67. The Kier molecular flexibility index (Phi) is 3.85. The summed E-state index contributed by atoms with van der Waals surface area (Å²) in [7, 11) is 0. The zero-order chi connectivity index (χ0) is 14.1. The van der Waals surface area contributed by atoms with Crippen molar-refractivity contribution in [3.05, 3.63) is 34.9 Å². The van der Waals surface area contributed by atoms with Gasteiger partial charge in [-0.25, -0.2) is 0 Å². The maximum Gasteiger partial charge on any atom is 0.167 e. The SMILES string of the molecule is Cc1ccc(C(=O)C2CC3CCCC(C2)S3)c(C#N)c1. The lowest BCUT2D eigenvalue weighted by Crippen LogP contribution is -2.33. The largest absolute Gasteiger partial charge is 0.294 e. The number of rotatable bonds is 2. The fourth-order valence-corrected chi connectivity index (χ4v) is 5.30. The molecule has 1 aromatic rings. The standard InChI is InChI=1S/C17H19NOS/c1-11-5-6-16(13(7-11)10-18)17(19)12-8-14-3-2-4-15(9-12)20-14/h5-7,12,14-15H,2-4,8-9H2,1H3. The summed E-state index contributed by atoms with van der Waals surface area (Å²) in [6.07, 6.45) is 5.82. The van der Waals surface area contributed by atoms with Crippen LogP contribution in [0.15, 0.2) is 18.2 Å². The van der Waals surface area contributed by atoms with Crippen LogP contribution in [0.1, 0.15) is 53.6 Å². The van der Waals surface area contributed by atoms with Crippen LogP contribution in [0, 0.1) is 24.2 Å². The van der Waals surface area contributed by atoms with E-state index in [-0.39, 0.29) is 11.7 Å². The van der Waals surface area contributed by atoms with Crippen molar-refractivity contribution in [2.75, 3.05) is 0 Å². The molecule has 0 saturated carbocycles. The molecular weight excluding hydrogens is 266 g/mol. The highest BCUT2D eigenvalue weighted by molar-refractivity contribution is 8.00. The van der Waals surface area contributed by atoms with Gasteiger partial charge in [0.15, 0.2) is 5.78 Å². The van der Waals surface area contributed by atoms with E-state index in [2.05, 4.69) is 17.8 Å². The molecule has 1 aromatic carbocycles. The number of hydrogen-bond donors (Lipinski definition) is 0. The molecule has 0 aromatic heterocycles. The number of ketones is 1. The average Bonchev–Trinajstić information content (AvgIpc) is 2.46. The van der Waals surface area contributed by atoms with Crippen LogP contribution < -0.4 is 0 Å². The van der Waals surface area contributed by atoms with Crippen LogP contribution in [0.3, 0.4) is 0 Å². The number of carbonyl (C=O) groups is 1. The monoisotopic (exact) mass is 285 g/mol. The first-order valence-corrected chi connectivity index (χ1v) is 8.32. The third-order valence-corrected chi connectivity index (χ3v) is 6.09. The predicted octanol–water partition coefficient (Wildman–Crippen LogP) is 4.11. The molecule has 2 saturated heterocycles. The fourth-order valence-electron chi connectivity index (χ4n) is 3.46. The molecule has 0 amide bonds. The van der Waals surface area contributed by atoms with Gasteiger partial charge in [-0.2, -0.15) is 17.0 Å². The van der Waals surface area contributed by atoms with Crippen LogP contribution >= 0.6 is 11.8 Å². The van der Waals surface area contributed by atoms with Gasteiger partial charge >= 0.3 is 0 Å². The molecule has 104 valence electrons. The van der Waals surface area contributed by atoms with Crippen molar-refractivity contribution in [2.24, 2.45) is 5.92 Å². The molecule has 3 rings (SSSR count). The Bertz CT molecular complexity index is 563. The molecular formula is C17H19NOS. The molecule has 2 bridgehead atoms. The minimum absolute atomic E-state index is 0.126. The number of Topliss-reactive ketones (excluding diaryl/α,β-unsaturated/α-hetero) is 1. The number of thioether (sulfide) groups is 1. The Morgan fingerprint density at radius 1 is 1.30 bits per heavy atom. The summed E-state index contributed by atoms with van der Waals surface area (Å²) in [5.74, 6) is 0.320. The fraction of sp³-hybridized carbons (Fsp3) is 0.529. The Labute approximate surface area is 124 Å². The molecule has 2 fully saturated rings. The van der Waals surface area contributed by atoms with Crippen molar-refractivity contribution >= 4 is 17.5 Å². The van der Waals surface area contributed by atoms with Crippen molar-refractivity contribution in [3.63, 3.8) is 0 Å². The van der Waals surface area contributed by atoms with Gasteiger partial charge in [0.2, 0.25) is 0 Å². The van der Waals surface area contributed by atoms with Gasteiger partial charge < -0.3 is 0 Å². The molecule has 2 nitrogen and oxygen atoms in total. The first kappa shape index (κ1) is 13.7. The highest BCUT2D eigenvalue weighted by atomic mass is 32.2. The number of benzene rings is 1. The number of fused-ring (bicyclic) bond motifs is 2. The third kappa shape index (κ3) is 2.62. The number of aryl methyl sites for hydroxylation is 1. The highest BCUT2D eigenvalue weighted by Crippen LogP contribution is 2.44. The number of carbonyl (C=O) groups excluding carboxylic acids is 1. The van der Waals surface area contributed by atoms with E-state index in [4.69, 9.17) is 0 Å². The van der Waals surface area contributed by atoms with Gasteiger partial charge in [-0.15, -0.1) is 0 Å². The van der Waals surface area contributed by atoms with E-state index in [9.17, 15) is 10.1 Å². The number of nitrogens with zero attached hydrogens (tertiary/aromatic N) is 1. The summed E-state index contributed by atoms with van der Waals surface area (Å²) in [5.41, 5.74) is 2.21. The smallest absolute Gasteiger partial charge is 0.167 e. The van der Waals surface area contributed by atoms with Crippen LogP contribution in [0.2, 0.25) is 0 Å². The number of nitriles is 1. The van der Waals surface area contributed by atoms with Gasteiger partial charge in [0.05, 0.1) is 11.6 Å². The van der Waals surface area contributed by atoms with E-state index < -0.39 is 0 Å². The van der Waals surface area contributed by atoms with Crippen LogP contribution in [-0.4, -0.2) is 16.3 Å². The molecule has 2 aliphatic rings. The van der Waals surface area contributed by atoms with E-state index >= 15 is 0 Å². The molecule has 0 spiro atoms. The zero-order valence-electron chi connectivity index (χ0n) is 11.8. The lowest BCUT2D eigenvalue weighted by atomic mass is 9.83. The molecule has 2 atom stereocenters. The maximum atomic E-state index is 12.8. The minimum atomic E-state index is 0.126. The molecule has 2 heterocycles. The van der Waals surface area contributed by atoms with Crippen molar-refractivity contribution in [3.8, 4) is 6.07 Å². The Morgan fingerprint density at radius 3 is 2.65 bits per heavy atom. The quantitative estimate of drug-likeness (QED) is 0.768. The van der Waals surface area contributed by atoms with Gasteiger partial charge in [0.25, 0.3) is 0 Å². The predicted molar refractivity (Wildman–Crippen MR) is 82.0 cm³/mol. The minimum Gasteiger partial charge on any atom is -0.294 e. The average molecular weight is 285 g/mol. The van der Waals surface area contributed by atoms with Gasteiger partial charge in [0, 0.05) is 22.0 Å². The van der Waals surface area contributed by atoms with Gasteiger partial charge in [-0.1, -0.05) is 12.5 Å². The molecule has 2 aliphatic heterocycles. The van der Waals surface area contributed by atoms with Crippen molar-refractivity contribution in [1.29, 1.82) is 5.26 Å². The molecule has 2 unspecified atom stereocenters. The van der Waals surface area contributed by atoms with Gasteiger partial charge in [0.1, 0.15) is 0 Å². The zero-order valence-corrected chi connectivity index (χ0v) is 12.6.